The third-order valence-corrected chi connectivity index (χ3v) is 5.75. The number of ether oxygens (including phenoxy) is 1. The minimum Gasteiger partial charge on any atom is -0.399 e. The van der Waals surface area contributed by atoms with Crippen LogP contribution in [0.4, 0.5) is 30.7 Å². The van der Waals surface area contributed by atoms with Gasteiger partial charge in [-0.05, 0) is 71.2 Å². The van der Waals surface area contributed by atoms with Gasteiger partial charge in [0.15, 0.2) is 11.6 Å². The lowest BCUT2D eigenvalue weighted by Crippen LogP contribution is -2.19. The van der Waals surface area contributed by atoms with Crippen LogP contribution in [0.1, 0.15) is 23.6 Å². The van der Waals surface area contributed by atoms with Crippen LogP contribution in [-0.4, -0.2) is 6.36 Å². The molecule has 0 amide bonds. The van der Waals surface area contributed by atoms with Crippen molar-refractivity contribution >= 4 is 10.8 Å². The van der Waals surface area contributed by atoms with Crippen LogP contribution in [0, 0.1) is 23.3 Å². The summed E-state index contributed by atoms with van der Waals surface area (Å²) in [7, 11) is 0. The van der Waals surface area contributed by atoms with E-state index in [0.717, 1.165) is 17.7 Å². The quantitative estimate of drug-likeness (QED) is 0.246. The van der Waals surface area contributed by atoms with Crippen LogP contribution in [-0.2, 0) is 19.3 Å². The van der Waals surface area contributed by atoms with Crippen molar-refractivity contribution in [3.8, 4) is 16.9 Å². The zero-order chi connectivity index (χ0) is 25.3. The molecule has 4 aromatic carbocycles. The molecule has 0 saturated heterocycles. The maximum absolute atomic E-state index is 15.1. The fraction of sp³-hybridized carbons (Fsp3) is 0.185. The fourth-order valence-electron chi connectivity index (χ4n) is 3.96. The number of rotatable bonds is 6. The Balaban J connectivity index is 1.56. The van der Waals surface area contributed by atoms with Gasteiger partial charge in [0.05, 0.1) is 0 Å². The van der Waals surface area contributed by atoms with Crippen LogP contribution in [0.2, 0.25) is 0 Å². The SMILES string of the molecule is CCc1ccc(-c2ccc3c(F)c(CCc4cc(F)c(OC(F)(F)F)c(F)c4)ccc3c2)c(F)c1. The van der Waals surface area contributed by atoms with Crippen LogP contribution in [0.3, 0.4) is 0 Å². The molecule has 0 N–H and O–H groups in total. The minimum atomic E-state index is -5.23. The third kappa shape index (κ3) is 5.42. The summed E-state index contributed by atoms with van der Waals surface area (Å²) in [6.45, 7) is 1.93. The molecule has 0 aliphatic heterocycles. The molecule has 4 aromatic rings. The Hall–Kier alpha value is -3.55. The van der Waals surface area contributed by atoms with Gasteiger partial charge in [0.2, 0.25) is 5.75 Å². The van der Waals surface area contributed by atoms with Crippen molar-refractivity contribution in [2.45, 2.75) is 32.5 Å². The first-order valence-corrected chi connectivity index (χ1v) is 10.8. The second-order valence-electron chi connectivity index (χ2n) is 8.08. The van der Waals surface area contributed by atoms with Crippen LogP contribution in [0.25, 0.3) is 21.9 Å². The maximum atomic E-state index is 15.1. The lowest BCUT2D eigenvalue weighted by atomic mass is 9.96. The molecule has 35 heavy (non-hydrogen) atoms. The molecule has 0 unspecified atom stereocenters. The van der Waals surface area contributed by atoms with Crippen molar-refractivity contribution < 1.29 is 35.5 Å². The van der Waals surface area contributed by atoms with Gasteiger partial charge in [-0.25, -0.2) is 17.6 Å². The fourth-order valence-corrected chi connectivity index (χ4v) is 3.96. The van der Waals surface area contributed by atoms with Crippen LogP contribution in [0.15, 0.2) is 60.7 Å². The van der Waals surface area contributed by atoms with Gasteiger partial charge in [-0.3, -0.25) is 0 Å². The Morgan fingerprint density at radius 2 is 1.40 bits per heavy atom. The molecule has 0 aliphatic rings. The second kappa shape index (κ2) is 9.60. The lowest BCUT2D eigenvalue weighted by Gasteiger charge is -2.12. The van der Waals surface area contributed by atoms with E-state index in [4.69, 9.17) is 0 Å². The molecule has 0 aromatic heterocycles. The van der Waals surface area contributed by atoms with Crippen LogP contribution in [0.5, 0.6) is 5.75 Å². The molecule has 0 atom stereocenters. The molecular weight excluding hydrogens is 473 g/mol. The van der Waals surface area contributed by atoms with Crippen LogP contribution >= 0.6 is 0 Å². The van der Waals surface area contributed by atoms with E-state index in [0.29, 0.717) is 28.3 Å². The number of aryl methyl sites for hydroxylation is 3. The van der Waals surface area contributed by atoms with Crippen molar-refractivity contribution in [1.29, 1.82) is 0 Å². The Kier molecular flexibility index (Phi) is 6.74. The van der Waals surface area contributed by atoms with Gasteiger partial charge in [-0.15, -0.1) is 13.2 Å². The number of benzene rings is 4. The Morgan fingerprint density at radius 3 is 2.03 bits per heavy atom. The lowest BCUT2D eigenvalue weighted by molar-refractivity contribution is -0.276. The maximum Gasteiger partial charge on any atom is 0.573 e. The molecule has 0 fully saturated rings. The summed E-state index contributed by atoms with van der Waals surface area (Å²) in [6, 6.07) is 14.5. The average molecular weight is 492 g/mol. The largest absolute Gasteiger partial charge is 0.573 e. The van der Waals surface area contributed by atoms with E-state index in [1.165, 1.54) is 12.1 Å². The number of alkyl halides is 3. The zero-order valence-electron chi connectivity index (χ0n) is 18.4. The van der Waals surface area contributed by atoms with E-state index in [9.17, 15) is 26.3 Å². The molecule has 182 valence electrons. The first-order valence-electron chi connectivity index (χ1n) is 10.8. The molecule has 0 aliphatic carbocycles. The van der Waals surface area contributed by atoms with E-state index < -0.39 is 29.6 Å². The molecule has 8 heteroatoms. The first-order chi connectivity index (χ1) is 16.6. The topological polar surface area (TPSA) is 9.23 Å². The highest BCUT2D eigenvalue weighted by Gasteiger charge is 2.34. The highest BCUT2D eigenvalue weighted by molar-refractivity contribution is 5.88. The standard InChI is InChI=1S/C27H19F7O/c1-2-15-4-9-20(22(28)11-15)18-8-10-21-19(14-18)7-6-17(25(21)31)5-3-16-12-23(29)26(24(30)13-16)35-27(32,33)34/h4,6-14H,2-3,5H2,1H3. The van der Waals surface area contributed by atoms with Gasteiger partial charge < -0.3 is 4.74 Å². The smallest absolute Gasteiger partial charge is 0.399 e. The molecular formula is C27H19F7O. The predicted octanol–water partition coefficient (Wildman–Crippen LogP) is 8.31. The predicted molar refractivity (Wildman–Crippen MR) is 119 cm³/mol. The van der Waals surface area contributed by atoms with Crippen molar-refractivity contribution in [3.63, 3.8) is 0 Å². The molecule has 0 saturated carbocycles. The summed E-state index contributed by atoms with van der Waals surface area (Å²) in [5.74, 6) is -5.43. The molecule has 0 radical (unpaired) electrons. The average Bonchev–Trinajstić information content (AvgIpc) is 2.80. The summed E-state index contributed by atoms with van der Waals surface area (Å²) in [5.41, 5.74) is 2.17. The van der Waals surface area contributed by atoms with Crippen molar-refractivity contribution in [2.24, 2.45) is 0 Å². The highest BCUT2D eigenvalue weighted by Crippen LogP contribution is 2.32. The highest BCUT2D eigenvalue weighted by atomic mass is 19.4. The van der Waals surface area contributed by atoms with Gasteiger partial charge in [-0.1, -0.05) is 43.3 Å². The number of hydrogen-bond acceptors (Lipinski definition) is 1. The third-order valence-electron chi connectivity index (χ3n) is 5.75. The monoisotopic (exact) mass is 492 g/mol. The van der Waals surface area contributed by atoms with Crippen LogP contribution < -0.4 is 4.74 Å². The summed E-state index contributed by atoms with van der Waals surface area (Å²) in [6.07, 6.45) is -4.50. The van der Waals surface area contributed by atoms with Crippen molar-refractivity contribution in [2.75, 3.05) is 0 Å². The minimum absolute atomic E-state index is 0.0182. The van der Waals surface area contributed by atoms with Crippen molar-refractivity contribution in [3.05, 3.63) is 101 Å². The van der Waals surface area contributed by atoms with E-state index in [-0.39, 0.29) is 29.8 Å². The normalized spacial score (nSPS) is 11.8. The summed E-state index contributed by atoms with van der Waals surface area (Å²) >= 11 is 0. The summed E-state index contributed by atoms with van der Waals surface area (Å²) < 4.78 is 97.8. The molecule has 1 nitrogen and oxygen atoms in total. The Morgan fingerprint density at radius 1 is 0.714 bits per heavy atom. The zero-order valence-corrected chi connectivity index (χ0v) is 18.4. The van der Waals surface area contributed by atoms with Gasteiger partial charge in [0, 0.05) is 10.9 Å². The van der Waals surface area contributed by atoms with Gasteiger partial charge >= 0.3 is 6.36 Å². The molecule has 0 bridgehead atoms. The molecule has 4 rings (SSSR count). The van der Waals surface area contributed by atoms with Gasteiger partial charge in [-0.2, -0.15) is 0 Å². The van der Waals surface area contributed by atoms with E-state index in [2.05, 4.69) is 4.74 Å². The van der Waals surface area contributed by atoms with E-state index in [1.807, 2.05) is 13.0 Å². The van der Waals surface area contributed by atoms with Gasteiger partial charge in [0.1, 0.15) is 11.6 Å². The number of fused-ring (bicyclic) bond motifs is 1. The Bertz CT molecular complexity index is 1370. The van der Waals surface area contributed by atoms with Crippen molar-refractivity contribution in [1.82, 2.24) is 0 Å². The number of halogens is 7. The molecule has 0 heterocycles. The van der Waals surface area contributed by atoms with E-state index >= 15 is 4.39 Å². The Labute approximate surface area is 196 Å². The van der Waals surface area contributed by atoms with E-state index in [1.54, 1.807) is 30.3 Å². The first kappa shape index (κ1) is 24.6. The summed E-state index contributed by atoms with van der Waals surface area (Å²) in [5, 5.41) is 0.844. The molecule has 0 spiro atoms. The second-order valence-corrected chi connectivity index (χ2v) is 8.08. The number of hydrogen-bond donors (Lipinski definition) is 0. The summed E-state index contributed by atoms with van der Waals surface area (Å²) in [4.78, 5) is 0. The van der Waals surface area contributed by atoms with Gasteiger partial charge in [0.25, 0.3) is 0 Å².